The first-order chi connectivity index (χ1) is 25.0. The molecule has 4 unspecified atom stereocenters. The standard InChI is InChI=1S/C40H62BN5O4P/c1-2-3-4-5-6-7-8-9-10-11-12-13-14-15-16-17-18-19-20-34(47-29-33-25-32(28-42)26-35(51)27-33)30-48-41-50-39-24-23-38(49-39)36-21-22-37(46-36)40(44)45-31-43/h9-10,21-22,25-27,31,34,38-39,46H,2-8,11-20,23-24,29-30,51H2,1H3,(H3,43,44,45)/b10-9+. The Morgan fingerprint density at radius 3 is 2.39 bits per heavy atom. The summed E-state index contributed by atoms with van der Waals surface area (Å²) in [7, 11) is 4.04. The molecule has 4 N–H and O–H groups in total. The lowest BCUT2D eigenvalue weighted by molar-refractivity contribution is -0.0861. The maximum Gasteiger partial charge on any atom is 0.490 e. The van der Waals surface area contributed by atoms with Gasteiger partial charge in [-0.2, -0.15) is 5.26 Å². The monoisotopic (exact) mass is 718 g/mol. The van der Waals surface area contributed by atoms with Gasteiger partial charge in [-0.3, -0.25) is 5.41 Å². The van der Waals surface area contributed by atoms with Gasteiger partial charge in [-0.25, -0.2) is 4.99 Å². The highest BCUT2D eigenvalue weighted by Crippen LogP contribution is 2.32. The van der Waals surface area contributed by atoms with Gasteiger partial charge in [0.2, 0.25) is 0 Å². The minimum atomic E-state index is -0.408. The average Bonchev–Trinajstić information content (AvgIpc) is 3.82. The van der Waals surface area contributed by atoms with Gasteiger partial charge < -0.3 is 29.5 Å². The molecular formula is C40H62BN5O4P. The molecule has 0 bridgehead atoms. The first kappa shape index (κ1) is 42.6. The number of nitrogens with one attached hydrogen (secondary N) is 2. The van der Waals surface area contributed by atoms with Crippen LogP contribution in [0.5, 0.6) is 0 Å². The Morgan fingerprint density at radius 2 is 1.71 bits per heavy atom. The molecule has 1 aromatic heterocycles. The highest BCUT2D eigenvalue weighted by atomic mass is 31.0. The van der Waals surface area contributed by atoms with Crippen molar-refractivity contribution in [1.29, 1.82) is 10.7 Å². The fraction of sp³-hybridized carbons (Fsp3) is 0.625. The summed E-state index contributed by atoms with van der Waals surface area (Å²) in [6.07, 6.45) is 28.2. The first-order valence-corrected chi connectivity index (χ1v) is 19.9. The number of unbranched alkanes of at least 4 members (excludes halogenated alkanes) is 14. The van der Waals surface area contributed by atoms with Crippen molar-refractivity contribution < 1.29 is 18.8 Å². The van der Waals surface area contributed by atoms with E-state index in [9.17, 15) is 5.26 Å². The molecule has 1 radical (unpaired) electrons. The number of rotatable bonds is 29. The quantitative estimate of drug-likeness (QED) is 0.0191. The second-order valence-electron chi connectivity index (χ2n) is 13.6. The van der Waals surface area contributed by atoms with Gasteiger partial charge in [-0.05, 0) is 86.1 Å². The minimum Gasteiger partial charge on any atom is -0.410 e. The van der Waals surface area contributed by atoms with Crippen molar-refractivity contribution in [2.45, 2.75) is 154 Å². The van der Waals surface area contributed by atoms with Gasteiger partial charge in [0, 0.05) is 5.69 Å². The van der Waals surface area contributed by atoms with Crippen LogP contribution in [0.1, 0.15) is 158 Å². The zero-order valence-corrected chi connectivity index (χ0v) is 32.1. The third-order valence-electron chi connectivity index (χ3n) is 9.24. The molecule has 2 aromatic rings. The van der Waals surface area contributed by atoms with E-state index < -0.39 is 6.29 Å². The number of nitrogens with zero attached hydrogens (tertiary/aromatic N) is 2. The topological polar surface area (TPSA) is 139 Å². The molecule has 3 rings (SSSR count). The Morgan fingerprint density at radius 1 is 1.02 bits per heavy atom. The number of aliphatic imine (C=N–C) groups is 1. The van der Waals surface area contributed by atoms with Crippen LogP contribution < -0.4 is 11.0 Å². The Balaban J connectivity index is 1.30. The zero-order valence-electron chi connectivity index (χ0n) is 31.0. The molecule has 9 nitrogen and oxygen atoms in total. The summed E-state index contributed by atoms with van der Waals surface area (Å²) in [4.78, 5) is 7.03. The minimum absolute atomic E-state index is 0.0969. The summed E-state index contributed by atoms with van der Waals surface area (Å²) in [5.41, 5.74) is 9.03. The molecule has 0 aliphatic carbocycles. The Hall–Kier alpha value is -2.80. The number of hydrogen-bond donors (Lipinski definition) is 3. The van der Waals surface area contributed by atoms with Crippen LogP contribution in [0.4, 0.5) is 0 Å². The molecule has 1 aliphatic heterocycles. The highest BCUT2D eigenvalue weighted by Gasteiger charge is 2.28. The number of hydrogen-bond acceptors (Lipinski definition) is 6. The van der Waals surface area contributed by atoms with E-state index in [0.717, 1.165) is 48.6 Å². The number of benzene rings is 1. The van der Waals surface area contributed by atoms with Crippen molar-refractivity contribution >= 4 is 34.4 Å². The number of allylic oxidation sites excluding steroid dienone is 2. The molecular weight excluding hydrogens is 656 g/mol. The van der Waals surface area contributed by atoms with E-state index in [1.165, 1.54) is 104 Å². The fourth-order valence-corrected chi connectivity index (χ4v) is 6.73. The molecule has 11 heteroatoms. The lowest BCUT2D eigenvalue weighted by Gasteiger charge is -2.19. The summed E-state index contributed by atoms with van der Waals surface area (Å²) in [5.74, 6) is 0.260. The third-order valence-corrected chi connectivity index (χ3v) is 9.57. The second-order valence-corrected chi connectivity index (χ2v) is 14.3. The van der Waals surface area contributed by atoms with Gasteiger partial charge in [-0.1, -0.05) is 96.1 Å². The molecule has 1 saturated heterocycles. The van der Waals surface area contributed by atoms with Gasteiger partial charge in [0.25, 0.3) is 0 Å². The zero-order chi connectivity index (χ0) is 36.4. The maximum absolute atomic E-state index is 9.37. The number of aromatic amines is 1. The van der Waals surface area contributed by atoms with E-state index in [4.69, 9.17) is 29.9 Å². The molecule has 1 aliphatic rings. The average molecular weight is 719 g/mol. The van der Waals surface area contributed by atoms with Gasteiger partial charge >= 0.3 is 7.69 Å². The lowest BCUT2D eigenvalue weighted by atomic mass is 10.0. The largest absolute Gasteiger partial charge is 0.490 e. The van der Waals surface area contributed by atoms with Crippen LogP contribution in [0, 0.1) is 16.7 Å². The van der Waals surface area contributed by atoms with E-state index in [1.54, 1.807) is 0 Å². The predicted molar refractivity (Wildman–Crippen MR) is 212 cm³/mol. The summed E-state index contributed by atoms with van der Waals surface area (Å²) < 4.78 is 24.0. The first-order valence-electron chi connectivity index (χ1n) is 19.3. The van der Waals surface area contributed by atoms with Crippen molar-refractivity contribution in [3.05, 3.63) is 65.0 Å². The summed E-state index contributed by atoms with van der Waals surface area (Å²) in [6, 6.07) is 11.7. The Labute approximate surface area is 310 Å². The highest BCUT2D eigenvalue weighted by molar-refractivity contribution is 7.27. The summed E-state index contributed by atoms with van der Waals surface area (Å²) >= 11 is 0. The molecule has 4 atom stereocenters. The van der Waals surface area contributed by atoms with Crippen molar-refractivity contribution in [1.82, 2.24) is 4.98 Å². The van der Waals surface area contributed by atoms with Gasteiger partial charge in [0.05, 0.1) is 36.6 Å². The van der Waals surface area contributed by atoms with Crippen LogP contribution in [-0.2, 0) is 25.4 Å². The number of nitrogens with two attached hydrogens (primary N) is 1. The van der Waals surface area contributed by atoms with E-state index in [0.29, 0.717) is 24.5 Å². The van der Waals surface area contributed by atoms with Crippen molar-refractivity contribution in [2.24, 2.45) is 10.7 Å². The lowest BCUT2D eigenvalue weighted by Crippen LogP contribution is -2.24. The van der Waals surface area contributed by atoms with E-state index in [-0.39, 0.29) is 18.0 Å². The number of aromatic nitrogens is 1. The number of H-pyrrole nitrogens is 1. The van der Waals surface area contributed by atoms with Crippen LogP contribution in [0.25, 0.3) is 0 Å². The Bertz CT molecular complexity index is 1350. The van der Waals surface area contributed by atoms with Crippen LogP contribution in [0.2, 0.25) is 0 Å². The second kappa shape index (κ2) is 26.9. The SMILES string of the molecule is CCCCCCCC/C=C/CCCCCCCCCCC(CO[B]OC1CCC(c2ccc(C(N)=NC=N)[nH]2)O1)OCc1cc(P)cc(C#N)c1. The van der Waals surface area contributed by atoms with Crippen LogP contribution in [0.15, 0.2) is 47.5 Å². The van der Waals surface area contributed by atoms with E-state index >= 15 is 0 Å². The molecule has 51 heavy (non-hydrogen) atoms. The smallest absolute Gasteiger partial charge is 0.410 e. The molecule has 1 aromatic carbocycles. The number of ether oxygens (including phenoxy) is 2. The molecule has 0 amide bonds. The molecule has 2 heterocycles. The van der Waals surface area contributed by atoms with Gasteiger partial charge in [-0.15, -0.1) is 9.24 Å². The summed E-state index contributed by atoms with van der Waals surface area (Å²) in [6.45, 7) is 3.07. The Kier molecular flexibility index (Phi) is 22.5. The van der Waals surface area contributed by atoms with Crippen molar-refractivity contribution in [3.63, 3.8) is 0 Å². The van der Waals surface area contributed by atoms with E-state index in [1.807, 2.05) is 30.3 Å². The molecule has 279 valence electrons. The van der Waals surface area contributed by atoms with Crippen molar-refractivity contribution in [3.8, 4) is 6.07 Å². The fourth-order valence-electron chi connectivity index (χ4n) is 6.34. The summed E-state index contributed by atoms with van der Waals surface area (Å²) in [5, 5.41) is 17.4. The molecule has 0 saturated carbocycles. The third kappa shape index (κ3) is 18.5. The van der Waals surface area contributed by atoms with Gasteiger partial charge in [0.1, 0.15) is 24.6 Å². The molecule has 0 spiro atoms. The van der Waals surface area contributed by atoms with Crippen LogP contribution in [0.3, 0.4) is 0 Å². The number of amidine groups is 1. The number of nitriles is 1. The van der Waals surface area contributed by atoms with Gasteiger partial charge in [0.15, 0.2) is 0 Å². The van der Waals surface area contributed by atoms with Crippen molar-refractivity contribution in [2.75, 3.05) is 6.61 Å². The van der Waals surface area contributed by atoms with E-state index in [2.05, 4.69) is 44.4 Å². The maximum atomic E-state index is 9.37. The van der Waals surface area contributed by atoms with Crippen LogP contribution >= 0.6 is 9.24 Å². The predicted octanol–water partition coefficient (Wildman–Crippen LogP) is 9.24. The normalized spacial score (nSPS) is 16.8. The molecule has 1 fully saturated rings. The van der Waals surface area contributed by atoms with Crippen LogP contribution in [-0.4, -0.2) is 43.8 Å².